The van der Waals surface area contributed by atoms with E-state index in [1.54, 1.807) is 11.6 Å². The third-order valence-corrected chi connectivity index (χ3v) is 6.38. The van der Waals surface area contributed by atoms with Crippen molar-refractivity contribution in [3.05, 3.63) is 56.0 Å². The van der Waals surface area contributed by atoms with E-state index in [0.29, 0.717) is 39.5 Å². The van der Waals surface area contributed by atoms with Crippen molar-refractivity contribution in [2.75, 3.05) is 0 Å². The van der Waals surface area contributed by atoms with Gasteiger partial charge in [-0.15, -0.1) is 10.2 Å². The van der Waals surface area contributed by atoms with Gasteiger partial charge >= 0.3 is 5.69 Å². The average molecular weight is 460 g/mol. The molecule has 3 aromatic heterocycles. The lowest BCUT2D eigenvalue weighted by Gasteiger charge is -2.05. The van der Waals surface area contributed by atoms with Gasteiger partial charge in [-0.1, -0.05) is 36.7 Å². The molecule has 4 aromatic rings. The lowest BCUT2D eigenvalue weighted by Crippen LogP contribution is -2.31. The Labute approximate surface area is 187 Å². The molecule has 0 aliphatic heterocycles. The quantitative estimate of drug-likeness (QED) is 0.426. The second kappa shape index (κ2) is 8.72. The predicted molar refractivity (Wildman–Crippen MR) is 122 cm³/mol. The van der Waals surface area contributed by atoms with Crippen molar-refractivity contribution in [1.82, 2.24) is 33.9 Å². The first-order valence-corrected chi connectivity index (χ1v) is 11.2. The van der Waals surface area contributed by atoms with Gasteiger partial charge in [0.2, 0.25) is 0 Å². The highest BCUT2D eigenvalue weighted by atomic mass is 35.5. The lowest BCUT2D eigenvalue weighted by molar-refractivity contribution is 0.613. The van der Waals surface area contributed by atoms with Crippen molar-refractivity contribution in [2.45, 2.75) is 37.2 Å². The van der Waals surface area contributed by atoms with Crippen LogP contribution in [0.5, 0.6) is 0 Å². The third-order valence-electron chi connectivity index (χ3n) is 5.11. The number of hydrogen-bond donors (Lipinski definition) is 1. The Kier molecular flexibility index (Phi) is 6.01. The Morgan fingerprint density at radius 1 is 1.10 bits per heavy atom. The second-order valence-corrected chi connectivity index (χ2v) is 8.56. The van der Waals surface area contributed by atoms with Crippen LogP contribution in [0, 0.1) is 0 Å². The number of thioether (sulfide) groups is 1. The molecule has 0 bridgehead atoms. The van der Waals surface area contributed by atoms with E-state index < -0.39 is 11.2 Å². The van der Waals surface area contributed by atoms with Crippen molar-refractivity contribution in [3.8, 4) is 11.4 Å². The van der Waals surface area contributed by atoms with Crippen molar-refractivity contribution >= 4 is 34.5 Å². The molecule has 1 N–H and O–H groups in total. The van der Waals surface area contributed by atoms with E-state index in [1.807, 2.05) is 42.8 Å². The Morgan fingerprint density at radius 3 is 2.55 bits per heavy atom. The highest BCUT2D eigenvalue weighted by Gasteiger charge is 2.18. The van der Waals surface area contributed by atoms with Crippen LogP contribution >= 0.6 is 23.4 Å². The molecule has 0 aliphatic carbocycles. The number of aromatic nitrogens is 7. The van der Waals surface area contributed by atoms with Crippen LogP contribution in [0.25, 0.3) is 22.6 Å². The van der Waals surface area contributed by atoms with Crippen molar-refractivity contribution in [3.63, 3.8) is 0 Å². The molecule has 0 fully saturated rings. The van der Waals surface area contributed by atoms with E-state index in [0.717, 1.165) is 24.2 Å². The van der Waals surface area contributed by atoms with E-state index >= 15 is 0 Å². The van der Waals surface area contributed by atoms with Gasteiger partial charge in [-0.05, 0) is 30.7 Å². The zero-order valence-corrected chi connectivity index (χ0v) is 19.0. The highest BCUT2D eigenvalue weighted by molar-refractivity contribution is 7.98. The van der Waals surface area contributed by atoms with Gasteiger partial charge in [0, 0.05) is 31.2 Å². The molecule has 31 heavy (non-hydrogen) atoms. The number of unbranched alkanes of at least 4 members (excludes halogenated alkanes) is 1. The number of benzene rings is 1. The smallest absolute Gasteiger partial charge is 0.325 e. The normalized spacial score (nSPS) is 11.5. The van der Waals surface area contributed by atoms with Gasteiger partial charge in [0.1, 0.15) is 5.82 Å². The summed E-state index contributed by atoms with van der Waals surface area (Å²) in [6, 6.07) is 7.42. The number of aromatic amines is 1. The molecule has 162 valence electrons. The maximum atomic E-state index is 12.4. The Hall–Kier alpha value is -2.85. The monoisotopic (exact) mass is 459 g/mol. The number of nitrogens with one attached hydrogen (secondary N) is 1. The van der Waals surface area contributed by atoms with Gasteiger partial charge < -0.3 is 9.13 Å². The van der Waals surface area contributed by atoms with Crippen molar-refractivity contribution in [2.24, 2.45) is 14.1 Å². The molecule has 9 nitrogen and oxygen atoms in total. The molecule has 1 aromatic carbocycles. The summed E-state index contributed by atoms with van der Waals surface area (Å²) in [5.41, 5.74) is 0.874. The molecule has 0 saturated carbocycles. The SMILES string of the molecule is CCCCn1c(=O)[nH]c(=O)c2c1nc(CSc1nnc(-c3ccc(Cl)cc3)n1C)n2C. The molecule has 3 heterocycles. The fourth-order valence-corrected chi connectivity index (χ4v) is 4.39. The maximum Gasteiger partial charge on any atom is 0.330 e. The van der Waals surface area contributed by atoms with Crippen LogP contribution in [-0.2, 0) is 26.4 Å². The van der Waals surface area contributed by atoms with Crippen LogP contribution in [0.2, 0.25) is 5.02 Å². The summed E-state index contributed by atoms with van der Waals surface area (Å²) in [6.07, 6.45) is 1.76. The Morgan fingerprint density at radius 2 is 1.84 bits per heavy atom. The number of imidazole rings is 1. The van der Waals surface area contributed by atoms with Gasteiger partial charge in [-0.25, -0.2) is 9.78 Å². The van der Waals surface area contributed by atoms with Gasteiger partial charge in [-0.2, -0.15) is 0 Å². The fraction of sp³-hybridized carbons (Fsp3) is 0.350. The van der Waals surface area contributed by atoms with Gasteiger partial charge in [0.15, 0.2) is 22.1 Å². The topological polar surface area (TPSA) is 103 Å². The first kappa shape index (κ1) is 21.4. The summed E-state index contributed by atoms with van der Waals surface area (Å²) >= 11 is 7.43. The summed E-state index contributed by atoms with van der Waals surface area (Å²) in [6.45, 7) is 2.56. The summed E-state index contributed by atoms with van der Waals surface area (Å²) in [4.78, 5) is 31.7. The van der Waals surface area contributed by atoms with Crippen LogP contribution in [0.15, 0.2) is 39.0 Å². The van der Waals surface area contributed by atoms with E-state index in [4.69, 9.17) is 11.6 Å². The number of H-pyrrole nitrogens is 1. The van der Waals surface area contributed by atoms with Crippen molar-refractivity contribution < 1.29 is 0 Å². The third kappa shape index (κ3) is 4.05. The van der Waals surface area contributed by atoms with Gasteiger partial charge in [-0.3, -0.25) is 14.3 Å². The van der Waals surface area contributed by atoms with Crippen LogP contribution in [0.1, 0.15) is 25.6 Å². The zero-order chi connectivity index (χ0) is 22.1. The largest absolute Gasteiger partial charge is 0.330 e. The van der Waals surface area contributed by atoms with E-state index in [2.05, 4.69) is 20.2 Å². The van der Waals surface area contributed by atoms with E-state index in [1.165, 1.54) is 16.3 Å². The van der Waals surface area contributed by atoms with Crippen LogP contribution in [-0.4, -0.2) is 33.9 Å². The minimum absolute atomic E-state index is 0.395. The fourth-order valence-electron chi connectivity index (χ4n) is 3.36. The number of halogens is 1. The average Bonchev–Trinajstić information content (AvgIpc) is 3.27. The zero-order valence-electron chi connectivity index (χ0n) is 17.4. The number of rotatable bonds is 7. The van der Waals surface area contributed by atoms with Gasteiger partial charge in [0.05, 0.1) is 5.75 Å². The first-order chi connectivity index (χ1) is 14.9. The predicted octanol–water partition coefficient (Wildman–Crippen LogP) is 2.96. The standard InChI is InChI=1S/C20H22ClN7O2S/c1-4-5-10-28-17-15(18(29)23-19(28)30)26(2)14(22-17)11-31-20-25-24-16(27(20)3)12-6-8-13(21)9-7-12/h6-9H,4-5,10-11H2,1-3H3,(H,23,29,30). The molecule has 4 rings (SSSR count). The summed E-state index contributed by atoms with van der Waals surface area (Å²) in [7, 11) is 3.68. The van der Waals surface area contributed by atoms with Gasteiger partial charge in [0.25, 0.3) is 5.56 Å². The molecule has 0 saturated heterocycles. The van der Waals surface area contributed by atoms with E-state index in [-0.39, 0.29) is 0 Å². The molecule has 0 spiro atoms. The van der Waals surface area contributed by atoms with Crippen LogP contribution in [0.4, 0.5) is 0 Å². The highest BCUT2D eigenvalue weighted by Crippen LogP contribution is 2.26. The van der Waals surface area contributed by atoms with Crippen LogP contribution < -0.4 is 11.2 Å². The molecule has 11 heteroatoms. The molecule has 0 aliphatic rings. The number of nitrogens with zero attached hydrogens (tertiary/aromatic N) is 6. The number of fused-ring (bicyclic) bond motifs is 1. The minimum Gasteiger partial charge on any atom is -0.325 e. The molecular weight excluding hydrogens is 438 g/mol. The second-order valence-electron chi connectivity index (χ2n) is 7.18. The molecule has 0 amide bonds. The van der Waals surface area contributed by atoms with Crippen LogP contribution in [0.3, 0.4) is 0 Å². The summed E-state index contributed by atoms with van der Waals surface area (Å²) in [5.74, 6) is 1.88. The lowest BCUT2D eigenvalue weighted by atomic mass is 10.2. The Balaban J connectivity index is 1.63. The molecule has 0 unspecified atom stereocenters. The number of hydrogen-bond acceptors (Lipinski definition) is 6. The summed E-state index contributed by atoms with van der Waals surface area (Å²) < 4.78 is 5.18. The number of aryl methyl sites for hydroxylation is 2. The molecule has 0 radical (unpaired) electrons. The minimum atomic E-state index is -0.428. The van der Waals surface area contributed by atoms with Crippen molar-refractivity contribution in [1.29, 1.82) is 0 Å². The maximum absolute atomic E-state index is 12.4. The first-order valence-electron chi connectivity index (χ1n) is 9.87. The molecule has 0 atom stereocenters. The summed E-state index contributed by atoms with van der Waals surface area (Å²) in [5, 5.41) is 9.95. The van der Waals surface area contributed by atoms with E-state index in [9.17, 15) is 9.59 Å². The Bertz CT molecular complexity index is 1350. The molecular formula is C20H22ClN7O2S.